The van der Waals surface area contributed by atoms with Crippen molar-refractivity contribution < 1.29 is 22.9 Å². The van der Waals surface area contributed by atoms with Crippen molar-refractivity contribution in [3.05, 3.63) is 57.7 Å². The molecule has 0 bridgehead atoms. The summed E-state index contributed by atoms with van der Waals surface area (Å²) in [6, 6.07) is 14.6. The lowest BCUT2D eigenvalue weighted by Crippen LogP contribution is -1.96. The zero-order chi connectivity index (χ0) is 16.8. The summed E-state index contributed by atoms with van der Waals surface area (Å²) < 4.78 is 27.0. The van der Waals surface area contributed by atoms with Crippen molar-refractivity contribution in [2.75, 3.05) is 11.6 Å². The normalized spacial score (nSPS) is 10.3. The third kappa shape index (κ3) is 7.96. The third-order valence-corrected chi connectivity index (χ3v) is 2.92. The first-order valence-electron chi connectivity index (χ1n) is 5.93. The smallest absolute Gasteiger partial charge is 0.335 e. The first-order valence-corrected chi connectivity index (χ1v) is 8.86. The molecule has 0 aliphatic heterocycles. The first kappa shape index (κ1) is 18.4. The van der Waals surface area contributed by atoms with Crippen molar-refractivity contribution in [1.29, 1.82) is 0 Å². The molecule has 0 fully saturated rings. The Morgan fingerprint density at radius 2 is 1.64 bits per heavy atom. The molecule has 0 heterocycles. The average molecular weight is 435 g/mol. The van der Waals surface area contributed by atoms with Gasteiger partial charge in [0.2, 0.25) is 0 Å². The zero-order valence-corrected chi connectivity index (χ0v) is 14.5. The van der Waals surface area contributed by atoms with E-state index in [0.717, 1.165) is 14.9 Å². The fourth-order valence-electron chi connectivity index (χ4n) is 1.43. The van der Waals surface area contributed by atoms with Crippen LogP contribution in [0.1, 0.15) is 10.4 Å². The van der Waals surface area contributed by atoms with Crippen LogP contribution in [0.15, 0.2) is 48.5 Å². The van der Waals surface area contributed by atoms with Gasteiger partial charge in [0.25, 0.3) is 10.1 Å². The number of carboxylic acids is 1. The molecule has 2 rings (SSSR count). The highest BCUT2D eigenvalue weighted by Gasteiger charge is 2.01. The van der Waals surface area contributed by atoms with Gasteiger partial charge in [-0.25, -0.2) is 4.79 Å². The maximum absolute atomic E-state index is 10.7. The van der Waals surface area contributed by atoms with Crippen molar-refractivity contribution in [3.8, 4) is 0 Å². The number of benzene rings is 2. The van der Waals surface area contributed by atoms with E-state index < -0.39 is 16.1 Å². The van der Waals surface area contributed by atoms with Crippen LogP contribution < -0.4 is 5.32 Å². The SMILES string of the molecule is CS(=O)(=O)O.O=C(O)c1ccc(Nc2cccc(I)c2)cc1. The standard InChI is InChI=1S/C13H10INO2.CH4O3S/c14-10-2-1-3-12(8-10)15-11-6-4-9(5-7-11)13(16)17;1-5(2,3)4/h1-8,15H,(H,16,17);1H3,(H,2,3,4). The molecule has 0 aliphatic carbocycles. The van der Waals surface area contributed by atoms with Gasteiger partial charge in [0.15, 0.2) is 0 Å². The Hall–Kier alpha value is -1.65. The summed E-state index contributed by atoms with van der Waals surface area (Å²) in [6.45, 7) is 0. The summed E-state index contributed by atoms with van der Waals surface area (Å²) in [6.07, 6.45) is 0.715. The fourth-order valence-corrected chi connectivity index (χ4v) is 1.97. The molecule has 22 heavy (non-hydrogen) atoms. The maximum atomic E-state index is 10.7. The molecule has 2 aromatic rings. The van der Waals surface area contributed by atoms with Gasteiger partial charge in [-0.05, 0) is 65.1 Å². The van der Waals surface area contributed by atoms with Crippen LogP contribution >= 0.6 is 22.6 Å². The van der Waals surface area contributed by atoms with Gasteiger partial charge in [0, 0.05) is 14.9 Å². The molecule has 3 N–H and O–H groups in total. The Morgan fingerprint density at radius 3 is 2.09 bits per heavy atom. The van der Waals surface area contributed by atoms with E-state index in [0.29, 0.717) is 6.26 Å². The number of halogens is 1. The van der Waals surface area contributed by atoms with Crippen LogP contribution in [0.5, 0.6) is 0 Å². The van der Waals surface area contributed by atoms with Crippen LogP contribution in [-0.4, -0.2) is 30.3 Å². The molecular formula is C14H14INO5S. The topological polar surface area (TPSA) is 104 Å². The zero-order valence-electron chi connectivity index (χ0n) is 11.5. The Bertz CT molecular complexity index is 736. The van der Waals surface area contributed by atoms with Crippen LogP contribution in [0.2, 0.25) is 0 Å². The molecular weight excluding hydrogens is 421 g/mol. The van der Waals surface area contributed by atoms with Crippen molar-refractivity contribution >= 4 is 50.1 Å². The highest BCUT2D eigenvalue weighted by atomic mass is 127. The predicted molar refractivity (Wildman–Crippen MR) is 93.3 cm³/mol. The van der Waals surface area contributed by atoms with Crippen LogP contribution in [-0.2, 0) is 10.1 Å². The molecule has 0 saturated carbocycles. The van der Waals surface area contributed by atoms with Gasteiger partial charge in [-0.1, -0.05) is 6.07 Å². The molecule has 0 unspecified atom stereocenters. The highest BCUT2D eigenvalue weighted by molar-refractivity contribution is 14.1. The molecule has 0 radical (unpaired) electrons. The maximum Gasteiger partial charge on any atom is 0.335 e. The van der Waals surface area contributed by atoms with E-state index >= 15 is 0 Å². The lowest BCUT2D eigenvalue weighted by atomic mass is 10.2. The second-order valence-corrected chi connectivity index (χ2v) is 6.96. The van der Waals surface area contributed by atoms with Crippen molar-refractivity contribution in [2.24, 2.45) is 0 Å². The fraction of sp³-hybridized carbons (Fsp3) is 0.0714. The molecule has 0 amide bonds. The van der Waals surface area contributed by atoms with Gasteiger partial charge in [0.1, 0.15) is 0 Å². The number of hydrogen-bond acceptors (Lipinski definition) is 4. The lowest BCUT2D eigenvalue weighted by molar-refractivity contribution is 0.0697. The van der Waals surface area contributed by atoms with Crippen molar-refractivity contribution in [3.63, 3.8) is 0 Å². The number of anilines is 2. The Balaban J connectivity index is 0.000000422. The minimum atomic E-state index is -3.67. The number of nitrogens with one attached hydrogen (secondary N) is 1. The monoisotopic (exact) mass is 435 g/mol. The second kappa shape index (κ2) is 8.11. The minimum absolute atomic E-state index is 0.290. The summed E-state index contributed by atoms with van der Waals surface area (Å²) in [5, 5.41) is 12.0. The molecule has 6 nitrogen and oxygen atoms in total. The van der Waals surface area contributed by atoms with E-state index in [1.165, 1.54) is 0 Å². The molecule has 0 aromatic heterocycles. The van der Waals surface area contributed by atoms with Crippen LogP contribution in [0.4, 0.5) is 11.4 Å². The van der Waals surface area contributed by atoms with Gasteiger partial charge >= 0.3 is 5.97 Å². The van der Waals surface area contributed by atoms with Gasteiger partial charge in [0.05, 0.1) is 11.8 Å². The molecule has 0 aliphatic rings. The van der Waals surface area contributed by atoms with Crippen LogP contribution in [0.25, 0.3) is 0 Å². The second-order valence-electron chi connectivity index (χ2n) is 4.25. The molecule has 0 atom stereocenters. The predicted octanol–water partition coefficient (Wildman–Crippen LogP) is 3.24. The molecule has 0 saturated heterocycles. The Labute approximate surface area is 142 Å². The Kier molecular flexibility index (Phi) is 6.78. The quantitative estimate of drug-likeness (QED) is 0.505. The average Bonchev–Trinajstić information content (AvgIpc) is 2.37. The summed E-state index contributed by atoms with van der Waals surface area (Å²) in [5.41, 5.74) is 2.15. The van der Waals surface area contributed by atoms with Gasteiger partial charge in [-0.15, -0.1) is 0 Å². The van der Waals surface area contributed by atoms with E-state index in [-0.39, 0.29) is 5.56 Å². The van der Waals surface area contributed by atoms with Gasteiger partial charge in [-0.3, -0.25) is 4.55 Å². The van der Waals surface area contributed by atoms with Crippen molar-refractivity contribution in [2.45, 2.75) is 0 Å². The number of carboxylic acid groups (broad SMARTS) is 1. The van der Waals surface area contributed by atoms with E-state index in [1.54, 1.807) is 24.3 Å². The summed E-state index contributed by atoms with van der Waals surface area (Å²) in [5.74, 6) is -0.911. The van der Waals surface area contributed by atoms with E-state index in [1.807, 2.05) is 24.3 Å². The molecule has 2 aromatic carbocycles. The van der Waals surface area contributed by atoms with Gasteiger partial charge < -0.3 is 10.4 Å². The highest BCUT2D eigenvalue weighted by Crippen LogP contribution is 2.19. The molecule has 118 valence electrons. The van der Waals surface area contributed by atoms with E-state index in [4.69, 9.17) is 9.66 Å². The van der Waals surface area contributed by atoms with Crippen LogP contribution in [0.3, 0.4) is 0 Å². The number of aromatic carboxylic acids is 1. The van der Waals surface area contributed by atoms with E-state index in [9.17, 15) is 13.2 Å². The number of rotatable bonds is 3. The van der Waals surface area contributed by atoms with Gasteiger partial charge in [-0.2, -0.15) is 8.42 Å². The number of carbonyl (C=O) groups is 1. The Morgan fingerprint density at radius 1 is 1.09 bits per heavy atom. The number of hydrogen-bond donors (Lipinski definition) is 3. The summed E-state index contributed by atoms with van der Waals surface area (Å²) >= 11 is 2.24. The largest absolute Gasteiger partial charge is 0.478 e. The third-order valence-electron chi connectivity index (χ3n) is 2.25. The summed E-state index contributed by atoms with van der Waals surface area (Å²) in [7, 11) is -3.67. The van der Waals surface area contributed by atoms with Crippen molar-refractivity contribution in [1.82, 2.24) is 0 Å². The minimum Gasteiger partial charge on any atom is -0.478 e. The van der Waals surface area contributed by atoms with Crippen LogP contribution in [0, 0.1) is 3.57 Å². The molecule has 0 spiro atoms. The summed E-state index contributed by atoms with van der Waals surface area (Å²) in [4.78, 5) is 10.7. The molecule has 8 heteroatoms. The first-order chi connectivity index (χ1) is 10.1. The lowest BCUT2D eigenvalue weighted by Gasteiger charge is -2.06. The van der Waals surface area contributed by atoms with E-state index in [2.05, 4.69) is 27.9 Å².